The van der Waals surface area contributed by atoms with E-state index in [0.717, 1.165) is 61.4 Å². The third-order valence-electron chi connectivity index (χ3n) is 6.15. The molecule has 0 unspecified atom stereocenters. The molecule has 9 heteroatoms. The number of benzene rings is 1. The third-order valence-corrected chi connectivity index (χ3v) is 6.42. The van der Waals surface area contributed by atoms with Gasteiger partial charge in [0, 0.05) is 43.6 Å². The Morgan fingerprint density at radius 3 is 2.76 bits per heavy atom. The lowest BCUT2D eigenvalue weighted by molar-refractivity contribution is -0.129. The highest BCUT2D eigenvalue weighted by Gasteiger charge is 2.21. The Labute approximate surface area is 197 Å². The monoisotopic (exact) mass is 463 g/mol. The largest absolute Gasteiger partial charge is 0.382 e. The first-order valence-corrected chi connectivity index (χ1v) is 11.6. The number of anilines is 5. The molecule has 1 saturated heterocycles. The van der Waals surface area contributed by atoms with Gasteiger partial charge in [0.1, 0.15) is 5.02 Å². The van der Waals surface area contributed by atoms with Crippen LogP contribution < -0.4 is 16.0 Å². The van der Waals surface area contributed by atoms with E-state index in [1.807, 2.05) is 17.2 Å². The molecule has 33 heavy (non-hydrogen) atoms. The molecule has 1 aromatic carbocycles. The lowest BCUT2D eigenvalue weighted by Gasteiger charge is -2.32. The summed E-state index contributed by atoms with van der Waals surface area (Å²) in [5, 5.41) is 10.7. The lowest BCUT2D eigenvalue weighted by atomic mass is 10.00. The summed E-state index contributed by atoms with van der Waals surface area (Å²) >= 11 is 6.36. The molecule has 2 aliphatic heterocycles. The van der Waals surface area contributed by atoms with E-state index in [1.54, 1.807) is 19.3 Å². The molecule has 2 aliphatic rings. The Morgan fingerprint density at radius 1 is 1.09 bits per heavy atom. The van der Waals surface area contributed by atoms with Crippen molar-refractivity contribution in [3.63, 3.8) is 0 Å². The predicted octanol–water partition coefficient (Wildman–Crippen LogP) is 4.53. The van der Waals surface area contributed by atoms with Gasteiger partial charge in [-0.05, 0) is 61.1 Å². The van der Waals surface area contributed by atoms with Gasteiger partial charge in [-0.25, -0.2) is 4.98 Å². The van der Waals surface area contributed by atoms with Gasteiger partial charge in [-0.15, -0.1) is 0 Å². The number of carbonyl (C=O) groups excluding carboxylic acids is 1. The minimum Gasteiger partial charge on any atom is -0.382 e. The van der Waals surface area contributed by atoms with E-state index in [9.17, 15) is 4.79 Å². The van der Waals surface area contributed by atoms with Gasteiger partial charge in [0.25, 0.3) is 0 Å². The maximum Gasteiger partial charge on any atom is 0.229 e. The number of nitrogens with zero attached hydrogens (tertiary/aromatic N) is 4. The Kier molecular flexibility index (Phi) is 6.00. The maximum absolute atomic E-state index is 11.6. The average molecular weight is 464 g/mol. The fraction of sp³-hybridized carbons (Fsp3) is 0.333. The van der Waals surface area contributed by atoms with Crippen molar-refractivity contribution in [1.82, 2.24) is 19.9 Å². The summed E-state index contributed by atoms with van der Waals surface area (Å²) in [6.07, 6.45) is 8.82. The van der Waals surface area contributed by atoms with Gasteiger partial charge in [0.05, 0.1) is 18.1 Å². The SMILES string of the molecule is CC(=O)N1CCC(Nc2ccc3cc2CCc2cncc(c2)Nc2ncc(Cl)c(n2)N3)CC1. The van der Waals surface area contributed by atoms with Crippen LogP contribution in [0.25, 0.3) is 0 Å². The van der Waals surface area contributed by atoms with Crippen molar-refractivity contribution in [3.8, 4) is 0 Å². The highest BCUT2D eigenvalue weighted by atomic mass is 35.5. The number of pyridine rings is 1. The zero-order valence-electron chi connectivity index (χ0n) is 18.4. The van der Waals surface area contributed by atoms with Crippen LogP contribution >= 0.6 is 11.6 Å². The molecule has 1 fully saturated rings. The Hall–Kier alpha value is -3.39. The molecule has 2 aromatic heterocycles. The van der Waals surface area contributed by atoms with Gasteiger partial charge >= 0.3 is 0 Å². The number of hydrogen-bond acceptors (Lipinski definition) is 7. The number of nitrogens with one attached hydrogen (secondary N) is 3. The topological polar surface area (TPSA) is 95.1 Å². The lowest BCUT2D eigenvalue weighted by Crippen LogP contribution is -2.41. The van der Waals surface area contributed by atoms with E-state index in [2.05, 4.69) is 49.1 Å². The first kappa shape index (κ1) is 21.5. The van der Waals surface area contributed by atoms with Gasteiger partial charge in [0.2, 0.25) is 11.9 Å². The van der Waals surface area contributed by atoms with Gasteiger partial charge in [0.15, 0.2) is 5.82 Å². The van der Waals surface area contributed by atoms with E-state index in [0.29, 0.717) is 22.8 Å². The Bertz CT molecular complexity index is 1180. The fourth-order valence-corrected chi connectivity index (χ4v) is 4.47. The summed E-state index contributed by atoms with van der Waals surface area (Å²) in [5.74, 6) is 1.15. The smallest absolute Gasteiger partial charge is 0.229 e. The number of aromatic nitrogens is 3. The number of rotatable bonds is 2. The number of likely N-dealkylation sites (tertiary alicyclic amines) is 1. The minimum atomic E-state index is 0.152. The number of aryl methyl sites for hydroxylation is 2. The highest BCUT2D eigenvalue weighted by molar-refractivity contribution is 6.32. The standard InChI is InChI=1S/C24H26ClN7O/c1-15(33)32-8-6-18(7-9-32)28-22-5-4-19-11-17(22)3-2-16-10-20(13-26-12-16)30-24-27-14-21(25)23(29-19)31-24/h4-5,10-14,18,28H,2-3,6-9H2,1H3,(H2,27,29,30,31). The first-order valence-electron chi connectivity index (χ1n) is 11.2. The number of amides is 1. The second-order valence-electron chi connectivity index (χ2n) is 8.52. The molecule has 170 valence electrons. The number of hydrogen-bond donors (Lipinski definition) is 3. The molecule has 0 atom stereocenters. The summed E-state index contributed by atoms with van der Waals surface area (Å²) in [6.45, 7) is 3.23. The number of piperidine rings is 1. The number of halogens is 1. The highest BCUT2D eigenvalue weighted by Crippen LogP contribution is 2.30. The summed E-state index contributed by atoms with van der Waals surface area (Å²) in [5.41, 5.74) is 5.21. The van der Waals surface area contributed by atoms with Crippen molar-refractivity contribution in [2.75, 3.05) is 29.0 Å². The van der Waals surface area contributed by atoms with Gasteiger partial charge in [-0.1, -0.05) is 11.6 Å². The second kappa shape index (κ2) is 9.23. The molecule has 5 rings (SSSR count). The summed E-state index contributed by atoms with van der Waals surface area (Å²) in [7, 11) is 0. The zero-order valence-corrected chi connectivity index (χ0v) is 19.2. The average Bonchev–Trinajstić information content (AvgIpc) is 2.82. The van der Waals surface area contributed by atoms with E-state index < -0.39 is 0 Å². The van der Waals surface area contributed by atoms with Crippen molar-refractivity contribution >= 4 is 46.3 Å². The third kappa shape index (κ3) is 5.01. The van der Waals surface area contributed by atoms with E-state index in [-0.39, 0.29) is 5.91 Å². The summed E-state index contributed by atoms with van der Waals surface area (Å²) in [6, 6.07) is 8.70. The Morgan fingerprint density at radius 2 is 1.94 bits per heavy atom. The normalized spacial score (nSPS) is 15.9. The van der Waals surface area contributed by atoms with Crippen molar-refractivity contribution < 1.29 is 4.79 Å². The van der Waals surface area contributed by atoms with Crippen LogP contribution in [0.15, 0.2) is 42.9 Å². The first-order chi connectivity index (χ1) is 16.0. The van der Waals surface area contributed by atoms with E-state index >= 15 is 0 Å². The van der Waals surface area contributed by atoms with Crippen molar-refractivity contribution in [1.29, 1.82) is 0 Å². The van der Waals surface area contributed by atoms with Crippen LogP contribution in [0.4, 0.5) is 28.8 Å². The molecule has 3 aromatic rings. The molecule has 8 nitrogen and oxygen atoms in total. The van der Waals surface area contributed by atoms with Crippen molar-refractivity contribution in [2.24, 2.45) is 0 Å². The summed E-state index contributed by atoms with van der Waals surface area (Å²) in [4.78, 5) is 26.8. The van der Waals surface area contributed by atoms with Crippen LogP contribution in [0.1, 0.15) is 30.9 Å². The zero-order chi connectivity index (χ0) is 22.8. The molecule has 0 radical (unpaired) electrons. The van der Waals surface area contributed by atoms with Crippen LogP contribution in [-0.4, -0.2) is 44.9 Å². The Balaban J connectivity index is 1.44. The van der Waals surface area contributed by atoms with E-state index in [4.69, 9.17) is 11.6 Å². The van der Waals surface area contributed by atoms with Crippen LogP contribution in [0.5, 0.6) is 0 Å². The number of carbonyl (C=O) groups is 1. The molecule has 3 N–H and O–H groups in total. The molecule has 0 aliphatic carbocycles. The van der Waals surface area contributed by atoms with Crippen LogP contribution in [0.2, 0.25) is 5.02 Å². The molecule has 0 spiro atoms. The molecule has 4 heterocycles. The maximum atomic E-state index is 11.6. The van der Waals surface area contributed by atoms with E-state index in [1.165, 1.54) is 5.56 Å². The molecule has 0 saturated carbocycles. The predicted molar refractivity (Wildman–Crippen MR) is 131 cm³/mol. The molecular weight excluding hydrogens is 438 g/mol. The van der Waals surface area contributed by atoms with Gasteiger partial charge in [-0.3, -0.25) is 9.78 Å². The minimum absolute atomic E-state index is 0.152. The fourth-order valence-electron chi connectivity index (χ4n) is 4.33. The molecule has 6 bridgehead atoms. The van der Waals surface area contributed by atoms with Gasteiger partial charge in [-0.2, -0.15) is 4.98 Å². The van der Waals surface area contributed by atoms with Crippen molar-refractivity contribution in [3.05, 3.63) is 59.0 Å². The number of fused-ring (bicyclic) bond motifs is 6. The van der Waals surface area contributed by atoms with Crippen LogP contribution in [0, 0.1) is 0 Å². The van der Waals surface area contributed by atoms with Gasteiger partial charge < -0.3 is 20.9 Å². The van der Waals surface area contributed by atoms with Crippen LogP contribution in [0.3, 0.4) is 0 Å². The quantitative estimate of drug-likeness (QED) is 0.513. The summed E-state index contributed by atoms with van der Waals surface area (Å²) < 4.78 is 0. The molecule has 1 amide bonds. The molecular formula is C24H26ClN7O. The second-order valence-corrected chi connectivity index (χ2v) is 8.93. The van der Waals surface area contributed by atoms with Crippen molar-refractivity contribution in [2.45, 2.75) is 38.6 Å². The van der Waals surface area contributed by atoms with Crippen LogP contribution in [-0.2, 0) is 17.6 Å².